The zero-order chi connectivity index (χ0) is 18.1. The molecular weight excluding hydrogens is 332 g/mol. The standard InChI is InChI=1S/C18H20N6O2/c19-14(25)9-26-13-7-5-11(6-8-13)16-15-17(20)21-10-22-18(15)24(23-16)12-3-1-2-4-12/h5-8,10,12H,1-4,9H2,(H2,19,25)(H2,20,21,22). The summed E-state index contributed by atoms with van der Waals surface area (Å²) in [4.78, 5) is 19.4. The van der Waals surface area contributed by atoms with Crippen molar-refractivity contribution in [3.05, 3.63) is 30.6 Å². The molecule has 0 saturated heterocycles. The predicted octanol–water partition coefficient (Wildman–Crippen LogP) is 2.05. The number of rotatable bonds is 5. The van der Waals surface area contributed by atoms with Gasteiger partial charge in [0.1, 0.15) is 23.6 Å². The first-order chi connectivity index (χ1) is 12.6. The molecule has 4 N–H and O–H groups in total. The largest absolute Gasteiger partial charge is 0.484 e. The Morgan fingerprint density at radius 3 is 2.62 bits per heavy atom. The van der Waals surface area contributed by atoms with Gasteiger partial charge in [-0.3, -0.25) is 4.79 Å². The fourth-order valence-corrected chi connectivity index (χ4v) is 3.46. The lowest BCUT2D eigenvalue weighted by molar-refractivity contribution is -0.119. The number of hydrogen-bond acceptors (Lipinski definition) is 6. The lowest BCUT2D eigenvalue weighted by Crippen LogP contribution is -2.19. The molecule has 0 aliphatic heterocycles. The number of hydrogen-bond donors (Lipinski definition) is 2. The summed E-state index contributed by atoms with van der Waals surface area (Å²) in [5.41, 5.74) is 13.7. The SMILES string of the molecule is NC(=O)COc1ccc(-c2nn(C3CCCC3)c3ncnc(N)c23)cc1. The topological polar surface area (TPSA) is 122 Å². The Kier molecular flexibility index (Phi) is 4.16. The molecule has 1 amide bonds. The number of carbonyl (C=O) groups is 1. The first kappa shape index (κ1) is 16.3. The van der Waals surface area contributed by atoms with E-state index in [4.69, 9.17) is 21.3 Å². The van der Waals surface area contributed by atoms with Gasteiger partial charge in [0, 0.05) is 5.56 Å². The molecular formula is C18H20N6O2. The third-order valence-electron chi connectivity index (χ3n) is 4.70. The minimum absolute atomic E-state index is 0.153. The van der Waals surface area contributed by atoms with Crippen LogP contribution >= 0.6 is 0 Å². The van der Waals surface area contributed by atoms with Crippen molar-refractivity contribution in [1.29, 1.82) is 0 Å². The summed E-state index contributed by atoms with van der Waals surface area (Å²) in [7, 11) is 0. The van der Waals surface area contributed by atoms with E-state index < -0.39 is 5.91 Å². The molecule has 3 aromatic rings. The van der Waals surface area contributed by atoms with E-state index in [1.807, 2.05) is 16.8 Å². The fraction of sp³-hybridized carbons (Fsp3) is 0.333. The van der Waals surface area contributed by atoms with Crippen LogP contribution in [0.2, 0.25) is 0 Å². The van der Waals surface area contributed by atoms with Gasteiger partial charge < -0.3 is 16.2 Å². The Balaban J connectivity index is 1.75. The van der Waals surface area contributed by atoms with Gasteiger partial charge in [-0.05, 0) is 37.1 Å². The molecule has 0 bridgehead atoms. The maximum absolute atomic E-state index is 10.8. The Hall–Kier alpha value is -3.16. The van der Waals surface area contributed by atoms with Crippen molar-refractivity contribution < 1.29 is 9.53 Å². The van der Waals surface area contributed by atoms with Crippen LogP contribution in [-0.4, -0.2) is 32.3 Å². The van der Waals surface area contributed by atoms with E-state index in [0.717, 1.165) is 35.1 Å². The van der Waals surface area contributed by atoms with E-state index in [1.54, 1.807) is 12.1 Å². The van der Waals surface area contributed by atoms with Crippen molar-refractivity contribution in [2.45, 2.75) is 31.7 Å². The van der Waals surface area contributed by atoms with E-state index in [2.05, 4.69) is 9.97 Å². The van der Waals surface area contributed by atoms with Crippen molar-refractivity contribution in [1.82, 2.24) is 19.7 Å². The average Bonchev–Trinajstić information content (AvgIpc) is 3.28. The van der Waals surface area contributed by atoms with Gasteiger partial charge in [-0.25, -0.2) is 14.6 Å². The Bertz CT molecular complexity index is 944. The number of amides is 1. The number of benzene rings is 1. The summed E-state index contributed by atoms with van der Waals surface area (Å²) in [6.07, 6.45) is 6.08. The predicted molar refractivity (Wildman–Crippen MR) is 97.4 cm³/mol. The molecule has 1 aromatic carbocycles. The van der Waals surface area contributed by atoms with Crippen LogP contribution in [0.5, 0.6) is 5.75 Å². The molecule has 26 heavy (non-hydrogen) atoms. The van der Waals surface area contributed by atoms with Crippen molar-refractivity contribution in [3.8, 4) is 17.0 Å². The second-order valence-corrected chi connectivity index (χ2v) is 6.47. The average molecular weight is 352 g/mol. The second kappa shape index (κ2) is 6.62. The van der Waals surface area contributed by atoms with E-state index in [9.17, 15) is 4.79 Å². The highest BCUT2D eigenvalue weighted by atomic mass is 16.5. The van der Waals surface area contributed by atoms with Gasteiger partial charge in [-0.15, -0.1) is 0 Å². The zero-order valence-electron chi connectivity index (χ0n) is 14.3. The molecule has 2 aromatic heterocycles. The van der Waals surface area contributed by atoms with Crippen molar-refractivity contribution in [3.63, 3.8) is 0 Å². The minimum Gasteiger partial charge on any atom is -0.484 e. The Labute approximate surface area is 150 Å². The Morgan fingerprint density at radius 2 is 1.92 bits per heavy atom. The van der Waals surface area contributed by atoms with Crippen LogP contribution < -0.4 is 16.2 Å². The van der Waals surface area contributed by atoms with Crippen molar-refractivity contribution in [2.75, 3.05) is 12.3 Å². The number of nitrogens with two attached hydrogens (primary N) is 2. The summed E-state index contributed by atoms with van der Waals surface area (Å²) in [5, 5.41) is 5.59. The molecule has 0 atom stereocenters. The van der Waals surface area contributed by atoms with E-state index >= 15 is 0 Å². The maximum Gasteiger partial charge on any atom is 0.255 e. The molecule has 0 spiro atoms. The molecule has 4 rings (SSSR count). The number of nitrogens with zero attached hydrogens (tertiary/aromatic N) is 4. The molecule has 0 radical (unpaired) electrons. The smallest absolute Gasteiger partial charge is 0.255 e. The van der Waals surface area contributed by atoms with Gasteiger partial charge in [-0.1, -0.05) is 12.8 Å². The third-order valence-corrected chi connectivity index (χ3v) is 4.70. The van der Waals surface area contributed by atoms with Crippen molar-refractivity contribution in [2.24, 2.45) is 5.73 Å². The molecule has 1 fully saturated rings. The highest BCUT2D eigenvalue weighted by molar-refractivity contribution is 5.98. The lowest BCUT2D eigenvalue weighted by atomic mass is 10.1. The second-order valence-electron chi connectivity index (χ2n) is 6.47. The highest BCUT2D eigenvalue weighted by Crippen LogP contribution is 2.36. The minimum atomic E-state index is -0.514. The van der Waals surface area contributed by atoms with Crippen LogP contribution in [0.3, 0.4) is 0 Å². The molecule has 1 saturated carbocycles. The number of anilines is 1. The molecule has 2 heterocycles. The first-order valence-electron chi connectivity index (χ1n) is 8.63. The molecule has 1 aliphatic carbocycles. The summed E-state index contributed by atoms with van der Waals surface area (Å²) in [6, 6.07) is 7.66. The first-order valence-corrected chi connectivity index (χ1v) is 8.63. The summed E-state index contributed by atoms with van der Waals surface area (Å²) in [6.45, 7) is -0.153. The normalized spacial score (nSPS) is 14.8. The van der Waals surface area contributed by atoms with Gasteiger partial charge >= 0.3 is 0 Å². The molecule has 134 valence electrons. The number of ether oxygens (including phenoxy) is 1. The van der Waals surface area contributed by atoms with Gasteiger partial charge in [0.2, 0.25) is 0 Å². The van der Waals surface area contributed by atoms with Crippen LogP contribution in [0.15, 0.2) is 30.6 Å². The summed E-state index contributed by atoms with van der Waals surface area (Å²) >= 11 is 0. The van der Waals surface area contributed by atoms with Gasteiger partial charge in [-0.2, -0.15) is 5.10 Å². The van der Waals surface area contributed by atoms with Gasteiger partial charge in [0.25, 0.3) is 5.91 Å². The van der Waals surface area contributed by atoms with Crippen LogP contribution in [0.1, 0.15) is 31.7 Å². The van der Waals surface area contributed by atoms with Crippen LogP contribution in [0.25, 0.3) is 22.3 Å². The number of primary amides is 1. The zero-order valence-corrected chi connectivity index (χ0v) is 14.3. The van der Waals surface area contributed by atoms with Gasteiger partial charge in [0.15, 0.2) is 12.3 Å². The van der Waals surface area contributed by atoms with Crippen molar-refractivity contribution >= 4 is 22.8 Å². The van der Waals surface area contributed by atoms with Crippen LogP contribution in [-0.2, 0) is 4.79 Å². The van der Waals surface area contributed by atoms with E-state index in [1.165, 1.54) is 19.2 Å². The van der Waals surface area contributed by atoms with Crippen LogP contribution in [0, 0.1) is 0 Å². The number of fused-ring (bicyclic) bond motifs is 1. The quantitative estimate of drug-likeness (QED) is 0.725. The molecule has 0 unspecified atom stereocenters. The fourth-order valence-electron chi connectivity index (χ4n) is 3.46. The lowest BCUT2D eigenvalue weighted by Gasteiger charge is -2.10. The highest BCUT2D eigenvalue weighted by Gasteiger charge is 2.24. The molecule has 8 nitrogen and oxygen atoms in total. The van der Waals surface area contributed by atoms with E-state index in [0.29, 0.717) is 17.6 Å². The summed E-state index contributed by atoms with van der Waals surface area (Å²) in [5.74, 6) is 0.472. The monoisotopic (exact) mass is 352 g/mol. The number of nitrogen functional groups attached to an aromatic ring is 1. The van der Waals surface area contributed by atoms with E-state index in [-0.39, 0.29) is 6.61 Å². The maximum atomic E-state index is 10.8. The Morgan fingerprint density at radius 1 is 1.19 bits per heavy atom. The number of carbonyl (C=O) groups excluding carboxylic acids is 1. The summed E-state index contributed by atoms with van der Waals surface area (Å²) < 4.78 is 7.30. The van der Waals surface area contributed by atoms with Crippen LogP contribution in [0.4, 0.5) is 5.82 Å². The number of aromatic nitrogens is 4. The van der Waals surface area contributed by atoms with Gasteiger partial charge in [0.05, 0.1) is 11.4 Å². The molecule has 8 heteroatoms. The molecule has 1 aliphatic rings. The third kappa shape index (κ3) is 2.94.